The summed E-state index contributed by atoms with van der Waals surface area (Å²) in [7, 11) is 0. The number of aliphatic hydroxyl groups excluding tert-OH is 1. The fourth-order valence-corrected chi connectivity index (χ4v) is 2.00. The number of hydrogen-bond acceptors (Lipinski definition) is 2. The molecule has 1 aromatic heterocycles. The van der Waals surface area contributed by atoms with Crippen molar-refractivity contribution < 1.29 is 5.11 Å². The van der Waals surface area contributed by atoms with E-state index in [4.69, 9.17) is 5.11 Å². The molecule has 1 fully saturated rings. The number of nitrogens with zero attached hydrogens (tertiary/aromatic N) is 2. The number of hydrogen-bond donors (Lipinski definition) is 1. The standard InChI is InChI=1S/C13H14N2O/c16-9-10-2-1-3-12(8-10)15-13(6-7-14-15)11-4-5-11/h1-3,6-8,11,16H,4-5,9H2. The second-order valence-corrected chi connectivity index (χ2v) is 4.27. The Morgan fingerprint density at radius 3 is 2.94 bits per heavy atom. The summed E-state index contributed by atoms with van der Waals surface area (Å²) >= 11 is 0. The third kappa shape index (κ3) is 1.63. The molecule has 82 valence electrons. The molecule has 0 atom stereocenters. The molecule has 16 heavy (non-hydrogen) atoms. The van der Waals surface area contributed by atoms with Crippen LogP contribution in [-0.4, -0.2) is 14.9 Å². The topological polar surface area (TPSA) is 38.0 Å². The third-order valence-corrected chi connectivity index (χ3v) is 3.01. The number of benzene rings is 1. The Morgan fingerprint density at radius 2 is 2.19 bits per heavy atom. The Morgan fingerprint density at radius 1 is 1.31 bits per heavy atom. The van der Waals surface area contributed by atoms with E-state index in [2.05, 4.69) is 11.2 Å². The molecular formula is C13H14N2O. The highest BCUT2D eigenvalue weighted by Crippen LogP contribution is 2.40. The van der Waals surface area contributed by atoms with Gasteiger partial charge < -0.3 is 5.11 Å². The summed E-state index contributed by atoms with van der Waals surface area (Å²) in [5.41, 5.74) is 3.25. The molecule has 0 unspecified atom stereocenters. The molecule has 3 rings (SSSR count). The van der Waals surface area contributed by atoms with E-state index in [0.29, 0.717) is 5.92 Å². The van der Waals surface area contributed by atoms with E-state index in [-0.39, 0.29) is 6.61 Å². The molecule has 1 aliphatic carbocycles. The van der Waals surface area contributed by atoms with Gasteiger partial charge in [0.1, 0.15) is 0 Å². The van der Waals surface area contributed by atoms with Gasteiger partial charge in [0, 0.05) is 17.8 Å². The Balaban J connectivity index is 2.03. The lowest BCUT2D eigenvalue weighted by Crippen LogP contribution is -2.01. The zero-order valence-corrected chi connectivity index (χ0v) is 9.00. The van der Waals surface area contributed by atoms with Gasteiger partial charge in [-0.05, 0) is 36.6 Å². The molecule has 1 saturated carbocycles. The summed E-state index contributed by atoms with van der Waals surface area (Å²) in [6, 6.07) is 9.98. The maximum absolute atomic E-state index is 9.12. The minimum absolute atomic E-state index is 0.0773. The molecule has 1 heterocycles. The van der Waals surface area contributed by atoms with Crippen LogP contribution in [0.4, 0.5) is 0 Å². The first-order valence-electron chi connectivity index (χ1n) is 5.62. The zero-order chi connectivity index (χ0) is 11.0. The van der Waals surface area contributed by atoms with Crippen LogP contribution in [0.25, 0.3) is 5.69 Å². The van der Waals surface area contributed by atoms with Crippen LogP contribution in [0.3, 0.4) is 0 Å². The predicted octanol–water partition coefficient (Wildman–Crippen LogP) is 2.24. The molecule has 0 radical (unpaired) electrons. The second-order valence-electron chi connectivity index (χ2n) is 4.27. The van der Waals surface area contributed by atoms with Crippen molar-refractivity contribution in [3.8, 4) is 5.69 Å². The van der Waals surface area contributed by atoms with Crippen molar-refractivity contribution in [3.63, 3.8) is 0 Å². The van der Waals surface area contributed by atoms with E-state index < -0.39 is 0 Å². The first-order chi connectivity index (χ1) is 7.88. The Labute approximate surface area is 94.3 Å². The number of rotatable bonds is 3. The third-order valence-electron chi connectivity index (χ3n) is 3.01. The lowest BCUT2D eigenvalue weighted by atomic mass is 10.2. The lowest BCUT2D eigenvalue weighted by Gasteiger charge is -2.07. The van der Waals surface area contributed by atoms with E-state index >= 15 is 0 Å². The largest absolute Gasteiger partial charge is 0.392 e. The Kier molecular flexibility index (Phi) is 2.26. The molecule has 0 spiro atoms. The highest BCUT2D eigenvalue weighted by atomic mass is 16.3. The quantitative estimate of drug-likeness (QED) is 0.851. The molecule has 0 aliphatic heterocycles. The van der Waals surface area contributed by atoms with E-state index in [1.54, 1.807) is 0 Å². The van der Waals surface area contributed by atoms with Gasteiger partial charge in [-0.15, -0.1) is 0 Å². The highest BCUT2D eigenvalue weighted by Gasteiger charge is 2.27. The molecule has 1 aromatic carbocycles. The van der Waals surface area contributed by atoms with Crippen molar-refractivity contribution in [2.24, 2.45) is 0 Å². The normalized spacial score (nSPS) is 15.3. The monoisotopic (exact) mass is 214 g/mol. The molecule has 0 saturated heterocycles. The van der Waals surface area contributed by atoms with Gasteiger partial charge >= 0.3 is 0 Å². The van der Waals surface area contributed by atoms with Gasteiger partial charge in [0.05, 0.1) is 12.3 Å². The van der Waals surface area contributed by atoms with Gasteiger partial charge in [-0.25, -0.2) is 4.68 Å². The molecule has 3 nitrogen and oxygen atoms in total. The van der Waals surface area contributed by atoms with E-state index in [9.17, 15) is 0 Å². The van der Waals surface area contributed by atoms with E-state index in [1.165, 1.54) is 18.5 Å². The number of aliphatic hydroxyl groups is 1. The molecule has 2 aromatic rings. The van der Waals surface area contributed by atoms with Crippen LogP contribution < -0.4 is 0 Å². The summed E-state index contributed by atoms with van der Waals surface area (Å²) in [5, 5.41) is 13.5. The summed E-state index contributed by atoms with van der Waals surface area (Å²) < 4.78 is 1.98. The van der Waals surface area contributed by atoms with Gasteiger partial charge in [0.2, 0.25) is 0 Å². The maximum Gasteiger partial charge on any atom is 0.0682 e. The van der Waals surface area contributed by atoms with Gasteiger partial charge in [0.25, 0.3) is 0 Å². The predicted molar refractivity (Wildman–Crippen MR) is 61.5 cm³/mol. The minimum Gasteiger partial charge on any atom is -0.392 e. The summed E-state index contributed by atoms with van der Waals surface area (Å²) in [4.78, 5) is 0. The Hall–Kier alpha value is -1.61. The van der Waals surface area contributed by atoms with Crippen LogP contribution in [0.2, 0.25) is 0 Å². The van der Waals surface area contributed by atoms with Crippen LogP contribution in [0.1, 0.15) is 30.0 Å². The molecular weight excluding hydrogens is 200 g/mol. The van der Waals surface area contributed by atoms with Crippen LogP contribution in [-0.2, 0) is 6.61 Å². The van der Waals surface area contributed by atoms with E-state index in [1.807, 2.05) is 35.1 Å². The molecule has 0 amide bonds. The van der Waals surface area contributed by atoms with Crippen molar-refractivity contribution in [1.82, 2.24) is 9.78 Å². The van der Waals surface area contributed by atoms with Gasteiger partial charge in [0.15, 0.2) is 0 Å². The van der Waals surface area contributed by atoms with Crippen molar-refractivity contribution in [2.75, 3.05) is 0 Å². The van der Waals surface area contributed by atoms with Crippen LogP contribution >= 0.6 is 0 Å². The average Bonchev–Trinajstić information content (AvgIpc) is 3.07. The van der Waals surface area contributed by atoms with Gasteiger partial charge in [-0.3, -0.25) is 0 Å². The molecule has 1 aliphatic rings. The summed E-state index contributed by atoms with van der Waals surface area (Å²) in [6.45, 7) is 0.0773. The SMILES string of the molecule is OCc1cccc(-n2nccc2C2CC2)c1. The van der Waals surface area contributed by atoms with Gasteiger partial charge in [-0.2, -0.15) is 5.10 Å². The van der Waals surface area contributed by atoms with Crippen LogP contribution in [0, 0.1) is 0 Å². The highest BCUT2D eigenvalue weighted by molar-refractivity contribution is 5.37. The first kappa shape index (κ1) is 9.60. The minimum atomic E-state index is 0.0773. The van der Waals surface area contributed by atoms with Crippen molar-refractivity contribution in [2.45, 2.75) is 25.4 Å². The van der Waals surface area contributed by atoms with E-state index in [0.717, 1.165) is 11.3 Å². The Bertz CT molecular complexity index is 500. The first-order valence-corrected chi connectivity index (χ1v) is 5.62. The summed E-state index contributed by atoms with van der Waals surface area (Å²) in [5.74, 6) is 0.681. The molecule has 3 heteroatoms. The fraction of sp³-hybridized carbons (Fsp3) is 0.308. The van der Waals surface area contributed by atoms with Crippen molar-refractivity contribution >= 4 is 0 Å². The second kappa shape index (κ2) is 3.76. The summed E-state index contributed by atoms with van der Waals surface area (Å²) in [6.07, 6.45) is 4.38. The zero-order valence-electron chi connectivity index (χ0n) is 9.00. The van der Waals surface area contributed by atoms with Crippen LogP contribution in [0.5, 0.6) is 0 Å². The molecule has 1 N–H and O–H groups in total. The van der Waals surface area contributed by atoms with Crippen molar-refractivity contribution in [1.29, 1.82) is 0 Å². The maximum atomic E-state index is 9.12. The lowest BCUT2D eigenvalue weighted by molar-refractivity contribution is 0.282. The van der Waals surface area contributed by atoms with Crippen molar-refractivity contribution in [3.05, 3.63) is 47.8 Å². The fourth-order valence-electron chi connectivity index (χ4n) is 2.00. The molecule has 0 bridgehead atoms. The smallest absolute Gasteiger partial charge is 0.0682 e. The van der Waals surface area contributed by atoms with Gasteiger partial charge in [-0.1, -0.05) is 12.1 Å². The number of aromatic nitrogens is 2. The van der Waals surface area contributed by atoms with Crippen LogP contribution in [0.15, 0.2) is 36.5 Å². The average molecular weight is 214 g/mol.